The monoisotopic (exact) mass is 373 g/mol. The van der Waals surface area contributed by atoms with E-state index in [9.17, 15) is 9.59 Å². The zero-order chi connectivity index (χ0) is 19.4. The second-order valence-corrected chi connectivity index (χ2v) is 8.07. The fourth-order valence-electron chi connectivity index (χ4n) is 4.62. The molecule has 5 rings (SSSR count). The van der Waals surface area contributed by atoms with Crippen LogP contribution in [0.5, 0.6) is 0 Å². The number of amides is 1. The number of aromatic amines is 1. The number of aromatic nitrogens is 2. The molecule has 2 aliphatic rings. The molecule has 0 unspecified atom stereocenters. The van der Waals surface area contributed by atoms with E-state index < -0.39 is 0 Å². The van der Waals surface area contributed by atoms with Gasteiger partial charge in [-0.1, -0.05) is 25.0 Å². The first-order chi connectivity index (χ1) is 13.5. The Hall–Kier alpha value is -2.95. The summed E-state index contributed by atoms with van der Waals surface area (Å²) in [5.74, 6) is 0.0902. The van der Waals surface area contributed by atoms with Crippen LogP contribution in [-0.4, -0.2) is 26.8 Å². The van der Waals surface area contributed by atoms with Crippen molar-refractivity contribution in [2.24, 2.45) is 0 Å². The number of carbonyl (C=O) groups excluding carboxylic acids is 1. The number of hydrogen-bond donors (Lipinski definition) is 1. The van der Waals surface area contributed by atoms with E-state index in [2.05, 4.69) is 4.98 Å². The number of carbonyl (C=O) groups is 1. The summed E-state index contributed by atoms with van der Waals surface area (Å²) in [5.41, 5.74) is 6.37. The third kappa shape index (κ3) is 2.57. The summed E-state index contributed by atoms with van der Waals surface area (Å²) in [6.07, 6.45) is 4.51. The third-order valence-corrected chi connectivity index (χ3v) is 6.32. The van der Waals surface area contributed by atoms with Crippen LogP contribution in [0, 0.1) is 13.8 Å². The average molecular weight is 373 g/mol. The maximum Gasteiger partial charge on any atom is 0.274 e. The maximum atomic E-state index is 13.0. The van der Waals surface area contributed by atoms with E-state index in [4.69, 9.17) is 4.98 Å². The Balaban J connectivity index is 1.64. The van der Waals surface area contributed by atoms with Crippen LogP contribution >= 0.6 is 0 Å². The first-order valence-electron chi connectivity index (χ1n) is 9.97. The smallest absolute Gasteiger partial charge is 0.274 e. The van der Waals surface area contributed by atoms with Crippen molar-refractivity contribution in [3.8, 4) is 11.3 Å². The molecule has 28 heavy (non-hydrogen) atoms. The zero-order valence-corrected chi connectivity index (χ0v) is 16.2. The van der Waals surface area contributed by atoms with E-state index in [1.54, 1.807) is 0 Å². The van der Waals surface area contributed by atoms with Gasteiger partial charge in [-0.15, -0.1) is 0 Å². The van der Waals surface area contributed by atoms with Crippen LogP contribution in [0.3, 0.4) is 0 Å². The first kappa shape index (κ1) is 17.2. The molecule has 0 spiro atoms. The Morgan fingerprint density at radius 2 is 1.75 bits per heavy atom. The van der Waals surface area contributed by atoms with Gasteiger partial charge in [-0.3, -0.25) is 9.59 Å². The van der Waals surface area contributed by atoms with Crippen molar-refractivity contribution in [2.45, 2.75) is 52.1 Å². The van der Waals surface area contributed by atoms with Crippen molar-refractivity contribution in [1.82, 2.24) is 14.9 Å². The summed E-state index contributed by atoms with van der Waals surface area (Å²) < 4.78 is 0. The Labute approximate surface area is 163 Å². The van der Waals surface area contributed by atoms with E-state index in [0.717, 1.165) is 46.1 Å². The number of hydrogen-bond acceptors (Lipinski definition) is 3. The Kier molecular flexibility index (Phi) is 3.86. The molecule has 0 saturated heterocycles. The van der Waals surface area contributed by atoms with Crippen molar-refractivity contribution in [3.63, 3.8) is 0 Å². The van der Waals surface area contributed by atoms with Crippen molar-refractivity contribution < 1.29 is 4.79 Å². The van der Waals surface area contributed by atoms with Crippen LogP contribution in [0.15, 0.2) is 35.1 Å². The van der Waals surface area contributed by atoms with E-state index >= 15 is 0 Å². The quantitative estimate of drug-likeness (QED) is 0.735. The van der Waals surface area contributed by atoms with Crippen LogP contribution in [-0.2, 0) is 6.54 Å². The molecule has 1 N–H and O–H groups in total. The average Bonchev–Trinajstić information content (AvgIpc) is 3.31. The molecule has 1 aromatic heterocycles. The van der Waals surface area contributed by atoms with Gasteiger partial charge in [0.05, 0.1) is 11.0 Å². The third-order valence-electron chi connectivity index (χ3n) is 6.32. The standard InChI is InChI=1S/C23H23N3O2/c1-13-10-19-20(11-14(13)2)25-22(27)21(24-19)16-8-5-9-17-18(16)12-26(23(17)28)15-6-3-4-7-15/h5,8-11,15H,3-4,6-7,12H2,1-2H3,(H,25,27). The van der Waals surface area contributed by atoms with Gasteiger partial charge in [0.15, 0.2) is 0 Å². The lowest BCUT2D eigenvalue weighted by Gasteiger charge is -2.23. The van der Waals surface area contributed by atoms with Crippen LogP contribution in [0.4, 0.5) is 0 Å². The summed E-state index contributed by atoms with van der Waals surface area (Å²) >= 11 is 0. The Morgan fingerprint density at radius 3 is 2.54 bits per heavy atom. The number of H-pyrrole nitrogens is 1. The van der Waals surface area contributed by atoms with Crippen molar-refractivity contribution in [3.05, 3.63) is 62.9 Å². The van der Waals surface area contributed by atoms with Crippen LogP contribution in [0.1, 0.15) is 52.7 Å². The largest absolute Gasteiger partial charge is 0.331 e. The molecular formula is C23H23N3O2. The Bertz CT molecular complexity index is 1170. The molecule has 1 aliphatic carbocycles. The molecule has 2 aromatic carbocycles. The lowest BCUT2D eigenvalue weighted by atomic mass is 10.0. The fraction of sp³-hybridized carbons (Fsp3) is 0.348. The molecule has 1 amide bonds. The van der Waals surface area contributed by atoms with E-state index in [1.807, 2.05) is 49.1 Å². The van der Waals surface area contributed by atoms with Crippen molar-refractivity contribution >= 4 is 16.9 Å². The van der Waals surface area contributed by atoms with Crippen LogP contribution in [0.25, 0.3) is 22.3 Å². The van der Waals surface area contributed by atoms with Gasteiger partial charge in [-0.2, -0.15) is 0 Å². The highest BCUT2D eigenvalue weighted by atomic mass is 16.2. The van der Waals surface area contributed by atoms with E-state index in [0.29, 0.717) is 23.8 Å². The van der Waals surface area contributed by atoms with E-state index in [-0.39, 0.29) is 11.5 Å². The minimum atomic E-state index is -0.212. The molecule has 1 fully saturated rings. The highest BCUT2D eigenvalue weighted by Gasteiger charge is 2.35. The summed E-state index contributed by atoms with van der Waals surface area (Å²) in [4.78, 5) is 35.5. The summed E-state index contributed by atoms with van der Waals surface area (Å²) in [5, 5.41) is 0. The van der Waals surface area contributed by atoms with Crippen molar-refractivity contribution in [1.29, 1.82) is 0 Å². The number of fused-ring (bicyclic) bond motifs is 2. The number of aryl methyl sites for hydroxylation is 2. The molecule has 0 atom stereocenters. The molecule has 5 heteroatoms. The molecule has 2 heterocycles. The fourth-order valence-corrected chi connectivity index (χ4v) is 4.62. The number of nitrogens with zero attached hydrogens (tertiary/aromatic N) is 2. The second-order valence-electron chi connectivity index (χ2n) is 8.07. The SMILES string of the molecule is Cc1cc2nc(-c3cccc4c3CN(C3CCCC3)C4=O)c(=O)[nH]c2cc1C. The highest BCUT2D eigenvalue weighted by molar-refractivity contribution is 6.00. The van der Waals surface area contributed by atoms with Crippen molar-refractivity contribution in [2.75, 3.05) is 0 Å². The molecule has 0 bridgehead atoms. The predicted molar refractivity (Wildman–Crippen MR) is 109 cm³/mol. The predicted octanol–water partition coefficient (Wildman–Crippen LogP) is 4.11. The Morgan fingerprint density at radius 1 is 1.04 bits per heavy atom. The summed E-state index contributed by atoms with van der Waals surface area (Å²) in [6.45, 7) is 4.63. The van der Waals surface area contributed by atoms with E-state index in [1.165, 1.54) is 12.8 Å². The molecule has 3 aromatic rings. The van der Waals surface area contributed by atoms with Gasteiger partial charge in [0.2, 0.25) is 0 Å². The molecular weight excluding hydrogens is 350 g/mol. The number of rotatable bonds is 2. The molecule has 1 aliphatic heterocycles. The highest BCUT2D eigenvalue weighted by Crippen LogP contribution is 2.35. The lowest BCUT2D eigenvalue weighted by molar-refractivity contribution is 0.0707. The molecule has 5 nitrogen and oxygen atoms in total. The topological polar surface area (TPSA) is 66.1 Å². The van der Waals surface area contributed by atoms with Crippen LogP contribution in [0.2, 0.25) is 0 Å². The van der Waals surface area contributed by atoms with Gasteiger partial charge in [0.1, 0.15) is 5.69 Å². The molecule has 142 valence electrons. The zero-order valence-electron chi connectivity index (χ0n) is 16.2. The van der Waals surface area contributed by atoms with Crippen LogP contribution < -0.4 is 5.56 Å². The molecule has 0 radical (unpaired) electrons. The normalized spacial score (nSPS) is 16.9. The molecule has 1 saturated carbocycles. The number of nitrogens with one attached hydrogen (secondary N) is 1. The summed E-state index contributed by atoms with van der Waals surface area (Å²) in [7, 11) is 0. The second kappa shape index (κ2) is 6.30. The summed E-state index contributed by atoms with van der Waals surface area (Å²) in [6, 6.07) is 9.93. The van der Waals surface area contributed by atoms with Gasteiger partial charge in [0.25, 0.3) is 11.5 Å². The van der Waals surface area contributed by atoms with Gasteiger partial charge < -0.3 is 9.88 Å². The van der Waals surface area contributed by atoms with Gasteiger partial charge in [-0.05, 0) is 61.6 Å². The minimum Gasteiger partial charge on any atom is -0.331 e. The lowest BCUT2D eigenvalue weighted by Crippen LogP contribution is -2.33. The number of benzene rings is 2. The van der Waals surface area contributed by atoms with Gasteiger partial charge in [-0.25, -0.2) is 4.98 Å². The minimum absolute atomic E-state index is 0.0902. The van der Waals surface area contributed by atoms with Gasteiger partial charge >= 0.3 is 0 Å². The first-order valence-corrected chi connectivity index (χ1v) is 9.97. The van der Waals surface area contributed by atoms with Gasteiger partial charge in [0, 0.05) is 23.7 Å². The maximum absolute atomic E-state index is 13.0.